The van der Waals surface area contributed by atoms with E-state index in [9.17, 15) is 10.2 Å². The van der Waals surface area contributed by atoms with Crippen molar-refractivity contribution in [2.75, 3.05) is 13.2 Å². The lowest BCUT2D eigenvalue weighted by molar-refractivity contribution is 0.267. The summed E-state index contributed by atoms with van der Waals surface area (Å²) in [4.78, 5) is 0. The van der Waals surface area contributed by atoms with E-state index < -0.39 is 19.7 Å². The maximum atomic E-state index is 15.4. The van der Waals surface area contributed by atoms with Crippen molar-refractivity contribution >= 4 is 56.9 Å². The summed E-state index contributed by atoms with van der Waals surface area (Å²) in [5, 5.41) is 30.2. The molecule has 2 heterocycles. The van der Waals surface area contributed by atoms with E-state index in [1.807, 2.05) is 60.7 Å². The number of ether oxygens (including phenoxy) is 2. The Bertz CT molecular complexity index is 3500. The maximum Gasteiger partial charge on any atom is 0.147 e. The number of phenolic OH excluding ortho intramolecular Hbond substituents is 2. The monoisotopic (exact) mass is 990 g/mol. The van der Waals surface area contributed by atoms with Crippen molar-refractivity contribution in [3.05, 3.63) is 175 Å². The van der Waals surface area contributed by atoms with E-state index in [0.29, 0.717) is 71.2 Å². The van der Waals surface area contributed by atoms with Gasteiger partial charge in [0.1, 0.15) is 34.6 Å². The molecule has 0 unspecified atom stereocenters. The second-order valence-corrected chi connectivity index (χ2v) is 25.5. The largest absolute Gasteiger partial charge is 0.505 e. The molecule has 0 fully saturated rings. The molecule has 8 aromatic carbocycles. The third-order valence-corrected chi connectivity index (χ3v) is 16.4. The molecule has 6 nitrogen and oxygen atoms in total. The minimum Gasteiger partial charge on any atom is -0.505 e. The second-order valence-electron chi connectivity index (χ2n) is 20.4. The number of nitrogens with zero attached hydrogens (tertiary/aromatic N) is 2. The van der Waals surface area contributed by atoms with E-state index in [4.69, 9.17) is 9.47 Å². The lowest BCUT2D eigenvalue weighted by Gasteiger charge is -2.23. The van der Waals surface area contributed by atoms with Gasteiger partial charge in [0.15, 0.2) is 0 Å². The highest BCUT2D eigenvalue weighted by Gasteiger charge is 2.26. The number of benzene rings is 8. The van der Waals surface area contributed by atoms with Crippen LogP contribution in [0, 0.1) is 11.6 Å². The van der Waals surface area contributed by atoms with E-state index >= 15 is 8.78 Å². The molecule has 10 rings (SSSR count). The number of para-hydroxylation sites is 4. The van der Waals surface area contributed by atoms with Gasteiger partial charge in [-0.15, -0.1) is 0 Å². The van der Waals surface area contributed by atoms with Gasteiger partial charge < -0.3 is 28.8 Å². The summed E-state index contributed by atoms with van der Waals surface area (Å²) < 4.78 is 47.8. The third kappa shape index (κ3) is 10.1. The van der Waals surface area contributed by atoms with Gasteiger partial charge in [-0.2, -0.15) is 0 Å². The van der Waals surface area contributed by atoms with Crippen molar-refractivity contribution < 1.29 is 28.5 Å². The average molecular weight is 991 g/mol. The van der Waals surface area contributed by atoms with Crippen LogP contribution in [0.15, 0.2) is 158 Å². The van der Waals surface area contributed by atoms with Gasteiger partial charge >= 0.3 is 0 Å². The Labute approximate surface area is 428 Å². The average Bonchev–Trinajstić information content (AvgIpc) is 3.91. The van der Waals surface area contributed by atoms with Gasteiger partial charge in [0.25, 0.3) is 0 Å². The van der Waals surface area contributed by atoms with Crippen LogP contribution >= 0.6 is 0 Å². The zero-order chi connectivity index (χ0) is 50.6. The van der Waals surface area contributed by atoms with Crippen LogP contribution in [0.4, 0.5) is 8.78 Å². The number of halogens is 2. The molecule has 0 saturated heterocycles. The molecule has 0 aliphatic rings. The molecule has 0 radical (unpaired) electrons. The number of hydrogen-bond donors (Lipinski definition) is 2. The Morgan fingerprint density at radius 3 is 1.30 bits per heavy atom. The highest BCUT2D eigenvalue weighted by atomic mass is 28.3. The highest BCUT2D eigenvalue weighted by Crippen LogP contribution is 2.45. The Morgan fingerprint density at radius 2 is 0.849 bits per heavy atom. The van der Waals surface area contributed by atoms with Crippen molar-refractivity contribution in [1.29, 1.82) is 0 Å². The second kappa shape index (κ2) is 21.4. The van der Waals surface area contributed by atoms with Gasteiger partial charge in [-0.05, 0) is 110 Å². The lowest BCUT2D eigenvalue weighted by atomic mass is 9.96. The SMILES string of the molecule is CCCCCCCCCc1cc(-c2cc(F)ccc2OCCCCOc2ccc(F)cc2-c2cc([Si](C)(C)C)cc(-n3c4ccccc4c4ccccc43)c2O)c(O)c(-n2c3ccccc3c3ccccc32)c1. The summed E-state index contributed by atoms with van der Waals surface area (Å²) in [5.74, 6) is 0.173. The van der Waals surface area contributed by atoms with Crippen LogP contribution < -0.4 is 14.7 Å². The molecule has 0 spiro atoms. The number of aryl methyl sites for hydroxylation is 1. The fraction of sp³-hybridized carbons (Fsp3) is 0.250. The standard InChI is InChI=1S/C64H64F2N2O4Si/c1-5-6-7-8-9-10-11-22-43-37-53(63(69)59(38-43)67-55-27-16-12-23-47(55)48-24-13-17-28-56(48)67)51-39-44(65)31-33-61(51)71-35-20-21-36-72-62-34-32-45(66)40-52(62)54-41-46(73(2,3)4)42-60(64(54)70)68-57-29-18-14-25-49(57)50-26-15-19-30-58(50)68/h12-19,23-34,37-42,69-70H,5-11,20-22,35-36H2,1-4H3. The fourth-order valence-electron chi connectivity index (χ4n) is 10.5. The Balaban J connectivity index is 0.906. The zero-order valence-corrected chi connectivity index (χ0v) is 43.4. The minimum atomic E-state index is -1.99. The first-order valence-corrected chi connectivity index (χ1v) is 29.6. The van der Waals surface area contributed by atoms with Crippen molar-refractivity contribution in [2.24, 2.45) is 0 Å². The summed E-state index contributed by atoms with van der Waals surface area (Å²) in [6, 6.07) is 50.0. The van der Waals surface area contributed by atoms with E-state index in [-0.39, 0.29) is 11.5 Å². The third-order valence-electron chi connectivity index (χ3n) is 14.3. The van der Waals surface area contributed by atoms with Gasteiger partial charge in [0, 0.05) is 43.8 Å². The van der Waals surface area contributed by atoms with Gasteiger partial charge in [0.2, 0.25) is 0 Å². The zero-order valence-electron chi connectivity index (χ0n) is 42.4. The van der Waals surface area contributed by atoms with Crippen molar-refractivity contribution in [3.63, 3.8) is 0 Å². The first-order valence-electron chi connectivity index (χ1n) is 26.1. The number of hydrogen-bond acceptors (Lipinski definition) is 4. The molecule has 0 atom stereocenters. The molecular formula is C64H64F2N2O4Si. The van der Waals surface area contributed by atoms with Crippen molar-refractivity contribution in [3.8, 4) is 56.6 Å². The molecular weight excluding hydrogens is 927 g/mol. The van der Waals surface area contributed by atoms with E-state index in [1.54, 1.807) is 12.1 Å². The maximum absolute atomic E-state index is 15.4. The predicted molar refractivity (Wildman–Crippen MR) is 301 cm³/mol. The van der Waals surface area contributed by atoms with E-state index in [2.05, 4.69) is 96.4 Å². The number of unbranched alkanes of at least 4 members (excludes halogenated alkanes) is 7. The summed E-state index contributed by atoms with van der Waals surface area (Å²) in [6.07, 6.45) is 10.3. The van der Waals surface area contributed by atoms with Crippen LogP contribution in [-0.4, -0.2) is 40.6 Å². The van der Waals surface area contributed by atoms with E-state index in [1.165, 1.54) is 56.4 Å². The van der Waals surface area contributed by atoms with Gasteiger partial charge in [0.05, 0.1) is 54.7 Å². The van der Waals surface area contributed by atoms with E-state index in [0.717, 1.165) is 73.6 Å². The highest BCUT2D eigenvalue weighted by molar-refractivity contribution is 6.88. The molecule has 73 heavy (non-hydrogen) atoms. The van der Waals surface area contributed by atoms with Gasteiger partial charge in [-0.1, -0.05) is 149 Å². The van der Waals surface area contributed by atoms with Crippen LogP contribution in [0.3, 0.4) is 0 Å². The molecule has 0 saturated carbocycles. The summed E-state index contributed by atoms with van der Waals surface area (Å²) in [6.45, 7) is 9.63. The topological polar surface area (TPSA) is 68.8 Å². The molecule has 372 valence electrons. The molecule has 0 aliphatic heterocycles. The molecule has 2 aromatic heterocycles. The molecule has 2 N–H and O–H groups in total. The van der Waals surface area contributed by atoms with Crippen LogP contribution in [0.25, 0.3) is 77.2 Å². The lowest BCUT2D eigenvalue weighted by Crippen LogP contribution is -2.38. The van der Waals surface area contributed by atoms with Crippen LogP contribution in [0.1, 0.15) is 70.3 Å². The van der Waals surface area contributed by atoms with Crippen LogP contribution in [0.5, 0.6) is 23.0 Å². The fourth-order valence-corrected chi connectivity index (χ4v) is 11.7. The Kier molecular flexibility index (Phi) is 14.4. The first-order chi connectivity index (χ1) is 35.5. The number of aromatic nitrogens is 2. The Hall–Kier alpha value is -7.36. The van der Waals surface area contributed by atoms with Crippen LogP contribution in [0.2, 0.25) is 19.6 Å². The molecule has 0 aliphatic carbocycles. The predicted octanol–water partition coefficient (Wildman–Crippen LogP) is 17.0. The molecule has 0 bridgehead atoms. The van der Waals surface area contributed by atoms with Crippen molar-refractivity contribution in [2.45, 2.75) is 90.8 Å². The van der Waals surface area contributed by atoms with Gasteiger partial charge in [-0.25, -0.2) is 8.78 Å². The number of aromatic hydroxyl groups is 2. The van der Waals surface area contributed by atoms with Gasteiger partial charge in [-0.3, -0.25) is 0 Å². The number of rotatable bonds is 20. The number of fused-ring (bicyclic) bond motifs is 6. The summed E-state index contributed by atoms with van der Waals surface area (Å²) in [5.41, 5.74) is 8.21. The quantitative estimate of drug-likeness (QED) is 0.0590. The minimum absolute atomic E-state index is 0.0454. The smallest absolute Gasteiger partial charge is 0.147 e. The normalized spacial score (nSPS) is 11.9. The first kappa shape index (κ1) is 49.2. The molecule has 0 amide bonds. The molecule has 10 aromatic rings. The molecule has 9 heteroatoms. The number of phenols is 2. The summed E-state index contributed by atoms with van der Waals surface area (Å²) in [7, 11) is -1.99. The Morgan fingerprint density at radius 1 is 0.438 bits per heavy atom. The summed E-state index contributed by atoms with van der Waals surface area (Å²) >= 11 is 0. The van der Waals surface area contributed by atoms with Crippen molar-refractivity contribution in [1.82, 2.24) is 9.13 Å². The van der Waals surface area contributed by atoms with Crippen LogP contribution in [-0.2, 0) is 6.42 Å².